The molecule has 0 unspecified atom stereocenters. The molecule has 0 spiro atoms. The Morgan fingerprint density at radius 1 is 1.46 bits per heavy atom. The zero-order valence-electron chi connectivity index (χ0n) is 8.92. The van der Waals surface area contributed by atoms with Crippen molar-refractivity contribution in [2.24, 2.45) is 0 Å². The smallest absolute Gasteiger partial charge is 0.422 e. The average molecular weight is 188 g/mol. The second-order valence-corrected chi connectivity index (χ2v) is 4.05. The fourth-order valence-electron chi connectivity index (χ4n) is 0.959. The molecule has 0 bridgehead atoms. The Balaban J connectivity index is 4.04. The molecule has 78 valence electrons. The van der Waals surface area contributed by atoms with E-state index in [-0.39, 0.29) is 5.54 Å². The first-order valence-corrected chi connectivity index (χ1v) is 4.66. The van der Waals surface area contributed by atoms with Crippen LogP contribution in [-0.2, 0) is 0 Å². The summed E-state index contributed by atoms with van der Waals surface area (Å²) in [7, 11) is 0. The summed E-state index contributed by atoms with van der Waals surface area (Å²) in [5.41, 5.74) is 2.50. The molecule has 0 saturated heterocycles. The van der Waals surface area contributed by atoms with E-state index in [4.69, 9.17) is 5.11 Å². The minimum Gasteiger partial charge on any atom is -0.464 e. The summed E-state index contributed by atoms with van der Waals surface area (Å²) in [5.74, 6) is 0. The van der Waals surface area contributed by atoms with Crippen LogP contribution in [0.4, 0.5) is 4.79 Å². The highest BCUT2D eigenvalue weighted by molar-refractivity contribution is 5.65. The number of nitrogens with zero attached hydrogens (tertiary/aromatic N) is 1. The molecule has 0 aliphatic carbocycles. The lowest BCUT2D eigenvalue weighted by Gasteiger charge is -2.33. The highest BCUT2D eigenvalue weighted by Gasteiger charge is 2.25. The predicted octanol–water partition coefficient (Wildman–Crippen LogP) is 2.07. The first-order chi connectivity index (χ1) is 5.89. The predicted molar refractivity (Wildman–Crippen MR) is 52.5 cm³/mol. The van der Waals surface area contributed by atoms with Crippen LogP contribution in [0.3, 0.4) is 0 Å². The molecule has 0 fully saturated rings. The maximum atomic E-state index is 10.8. The minimum atomic E-state index is -0.927. The number of hydrazine groups is 1. The molecule has 0 rings (SSSR count). The Bertz CT molecular complexity index is 163. The van der Waals surface area contributed by atoms with Crippen molar-refractivity contribution in [2.75, 3.05) is 6.54 Å². The van der Waals surface area contributed by atoms with Gasteiger partial charge in [0.1, 0.15) is 0 Å². The third-order valence-electron chi connectivity index (χ3n) is 1.66. The van der Waals surface area contributed by atoms with Crippen molar-refractivity contribution < 1.29 is 9.90 Å². The second-order valence-electron chi connectivity index (χ2n) is 4.05. The van der Waals surface area contributed by atoms with Gasteiger partial charge in [-0.3, -0.25) is 0 Å². The van der Waals surface area contributed by atoms with Crippen LogP contribution in [0.5, 0.6) is 0 Å². The molecule has 0 saturated carbocycles. The Kier molecular flexibility index (Phi) is 4.77. The number of unbranched alkanes of at least 4 members (excludes halogenated alkanes) is 1. The zero-order valence-corrected chi connectivity index (χ0v) is 8.92. The summed E-state index contributed by atoms with van der Waals surface area (Å²) in [5, 5.41) is 10.1. The maximum Gasteiger partial charge on any atom is 0.422 e. The van der Waals surface area contributed by atoms with Crippen LogP contribution in [-0.4, -0.2) is 28.3 Å². The normalized spacial score (nSPS) is 11.4. The summed E-state index contributed by atoms with van der Waals surface area (Å²) in [6, 6.07) is 0. The van der Waals surface area contributed by atoms with E-state index in [1.54, 1.807) is 0 Å². The molecule has 2 N–H and O–H groups in total. The third-order valence-corrected chi connectivity index (χ3v) is 1.66. The van der Waals surface area contributed by atoms with Gasteiger partial charge in [0.15, 0.2) is 0 Å². The van der Waals surface area contributed by atoms with Crippen LogP contribution in [0.15, 0.2) is 0 Å². The highest BCUT2D eigenvalue weighted by Crippen LogP contribution is 2.10. The third kappa shape index (κ3) is 4.72. The van der Waals surface area contributed by atoms with E-state index in [1.165, 1.54) is 5.01 Å². The van der Waals surface area contributed by atoms with Crippen molar-refractivity contribution in [2.45, 2.75) is 46.1 Å². The Labute approximate surface area is 79.9 Å². The molecule has 0 aromatic rings. The number of rotatable bonds is 4. The summed E-state index contributed by atoms with van der Waals surface area (Å²) in [4.78, 5) is 10.8. The van der Waals surface area contributed by atoms with Crippen molar-refractivity contribution in [3.63, 3.8) is 0 Å². The molecule has 1 amide bonds. The molecule has 0 atom stereocenters. The average Bonchev–Trinajstić information content (AvgIpc) is 1.94. The van der Waals surface area contributed by atoms with Crippen molar-refractivity contribution in [3.05, 3.63) is 0 Å². The molecule has 0 aromatic heterocycles. The molecule has 0 aliphatic rings. The lowest BCUT2D eigenvalue weighted by atomic mass is 10.1. The van der Waals surface area contributed by atoms with Crippen LogP contribution >= 0.6 is 0 Å². The molecule has 0 aliphatic heterocycles. The molecular formula is C9H20N2O2. The summed E-state index contributed by atoms with van der Waals surface area (Å²) in [6.45, 7) is 8.37. The van der Waals surface area contributed by atoms with Gasteiger partial charge in [-0.2, -0.15) is 0 Å². The molecule has 0 aromatic carbocycles. The first-order valence-electron chi connectivity index (χ1n) is 4.66. The van der Waals surface area contributed by atoms with Crippen molar-refractivity contribution >= 4 is 6.09 Å². The summed E-state index contributed by atoms with van der Waals surface area (Å²) in [6.07, 6.45) is 1.12. The highest BCUT2D eigenvalue weighted by atomic mass is 16.4. The molecule has 0 radical (unpaired) electrons. The van der Waals surface area contributed by atoms with Gasteiger partial charge in [-0.05, 0) is 27.2 Å². The quantitative estimate of drug-likeness (QED) is 0.524. The van der Waals surface area contributed by atoms with Crippen LogP contribution < -0.4 is 5.43 Å². The number of hydrogen-bond acceptors (Lipinski definition) is 2. The van der Waals surface area contributed by atoms with Crippen LogP contribution in [0, 0.1) is 0 Å². The van der Waals surface area contributed by atoms with E-state index in [0.29, 0.717) is 6.54 Å². The van der Waals surface area contributed by atoms with Crippen molar-refractivity contribution in [1.29, 1.82) is 0 Å². The van der Waals surface area contributed by atoms with E-state index in [2.05, 4.69) is 12.3 Å². The van der Waals surface area contributed by atoms with E-state index in [9.17, 15) is 4.79 Å². The van der Waals surface area contributed by atoms with Crippen molar-refractivity contribution in [3.8, 4) is 0 Å². The topological polar surface area (TPSA) is 52.6 Å². The Hall–Kier alpha value is -0.770. The van der Waals surface area contributed by atoms with Crippen molar-refractivity contribution in [1.82, 2.24) is 10.4 Å². The standard InChI is InChI=1S/C9H20N2O2/c1-5-6-7-10-11(8(12)13)9(2,3)4/h10H,5-7H2,1-4H3,(H,12,13). The zero-order chi connectivity index (χ0) is 10.5. The van der Waals surface area contributed by atoms with Crippen LogP contribution in [0.25, 0.3) is 0 Å². The monoisotopic (exact) mass is 188 g/mol. The van der Waals surface area contributed by atoms with E-state index < -0.39 is 6.09 Å². The van der Waals surface area contributed by atoms with Crippen LogP contribution in [0.2, 0.25) is 0 Å². The molecule has 4 heteroatoms. The second kappa shape index (κ2) is 5.07. The molecule has 0 heterocycles. The number of carbonyl (C=O) groups is 1. The maximum absolute atomic E-state index is 10.8. The van der Waals surface area contributed by atoms with Gasteiger partial charge in [0.25, 0.3) is 0 Å². The van der Waals surface area contributed by atoms with Gasteiger partial charge in [0.2, 0.25) is 0 Å². The molecule has 13 heavy (non-hydrogen) atoms. The van der Waals surface area contributed by atoms with E-state index in [1.807, 2.05) is 20.8 Å². The van der Waals surface area contributed by atoms with E-state index >= 15 is 0 Å². The minimum absolute atomic E-state index is 0.389. The van der Waals surface area contributed by atoms with E-state index in [0.717, 1.165) is 12.8 Å². The van der Waals surface area contributed by atoms with Gasteiger partial charge in [0.05, 0.1) is 5.54 Å². The molecule has 4 nitrogen and oxygen atoms in total. The fourth-order valence-corrected chi connectivity index (χ4v) is 0.959. The Morgan fingerprint density at radius 3 is 2.31 bits per heavy atom. The largest absolute Gasteiger partial charge is 0.464 e. The SMILES string of the molecule is CCCCNN(C(=O)O)C(C)(C)C. The lowest BCUT2D eigenvalue weighted by Crippen LogP contribution is -2.53. The fraction of sp³-hybridized carbons (Fsp3) is 0.889. The Morgan fingerprint density at radius 2 is 2.00 bits per heavy atom. The summed E-state index contributed by atoms with van der Waals surface area (Å²) >= 11 is 0. The number of nitrogens with one attached hydrogen (secondary N) is 1. The van der Waals surface area contributed by atoms with Gasteiger partial charge < -0.3 is 5.11 Å². The van der Waals surface area contributed by atoms with Gasteiger partial charge in [-0.1, -0.05) is 13.3 Å². The molecular weight excluding hydrogens is 168 g/mol. The van der Waals surface area contributed by atoms with Gasteiger partial charge in [-0.15, -0.1) is 0 Å². The van der Waals surface area contributed by atoms with Gasteiger partial charge >= 0.3 is 6.09 Å². The first kappa shape index (κ1) is 12.2. The lowest BCUT2D eigenvalue weighted by molar-refractivity contribution is 0.0641. The van der Waals surface area contributed by atoms with Crippen LogP contribution in [0.1, 0.15) is 40.5 Å². The number of amides is 1. The van der Waals surface area contributed by atoms with Gasteiger partial charge in [-0.25, -0.2) is 15.2 Å². The summed E-state index contributed by atoms with van der Waals surface area (Å²) < 4.78 is 0. The number of carboxylic acid groups (broad SMARTS) is 1. The van der Waals surface area contributed by atoms with Gasteiger partial charge in [0, 0.05) is 6.54 Å². The number of hydrogen-bond donors (Lipinski definition) is 2.